The average molecular weight is 576 g/mol. The number of aromatic nitrogens is 1. The van der Waals surface area contributed by atoms with Crippen molar-refractivity contribution in [2.75, 3.05) is 32.7 Å². The first kappa shape index (κ1) is 28.6. The molecule has 3 heterocycles. The van der Waals surface area contributed by atoms with Crippen molar-refractivity contribution in [3.8, 4) is 28.3 Å². The van der Waals surface area contributed by atoms with Gasteiger partial charge in [-0.15, -0.1) is 0 Å². The number of fused-ring (bicyclic) bond motifs is 1. The van der Waals surface area contributed by atoms with Gasteiger partial charge in [-0.3, -0.25) is 9.59 Å². The average Bonchev–Trinajstić information content (AvgIpc) is 3.58. The monoisotopic (exact) mass is 575 g/mol. The fourth-order valence-corrected chi connectivity index (χ4v) is 5.89. The van der Waals surface area contributed by atoms with E-state index < -0.39 is 0 Å². The molecule has 1 saturated heterocycles. The van der Waals surface area contributed by atoms with Crippen molar-refractivity contribution >= 4 is 17.5 Å². The minimum Gasteiger partial charge on any atom is -0.494 e. The Morgan fingerprint density at radius 1 is 0.837 bits per heavy atom. The Hall–Kier alpha value is -4.53. The number of nitrogens with zero attached hydrogens (tertiary/aromatic N) is 2. The van der Waals surface area contributed by atoms with Gasteiger partial charge in [0, 0.05) is 12.1 Å². The minimum absolute atomic E-state index is 0.0426. The third-order valence-corrected chi connectivity index (χ3v) is 8.20. The van der Waals surface area contributed by atoms with E-state index in [2.05, 4.69) is 25.5 Å². The van der Waals surface area contributed by atoms with Crippen LogP contribution in [0.15, 0.2) is 83.9 Å². The van der Waals surface area contributed by atoms with E-state index in [1.165, 1.54) is 32.4 Å². The number of aromatic hydroxyl groups is 1. The number of H-pyrrole nitrogens is 1. The zero-order chi connectivity index (χ0) is 29.6. The molecule has 220 valence electrons. The standard InChI is InChI=1S/C35H37N5O3/c41-29(23-36-18-7-21-40-19-5-2-6-20-40)37-22-24-10-12-27(13-11-24)32-30-31(35(43)38-32)33(39-34(30)42)28-16-14-26(15-17-28)25-8-3-1-4-9-25/h1,3-4,8-17,36,39,42H,2,5-7,18-23H2,(H,37,41). The second-order valence-electron chi connectivity index (χ2n) is 11.2. The van der Waals surface area contributed by atoms with E-state index in [4.69, 9.17) is 0 Å². The number of carbonyl (C=O) groups excluding carboxylic acids is 2. The number of rotatable bonds is 11. The highest BCUT2D eigenvalue weighted by molar-refractivity contribution is 6.30. The number of aromatic amines is 1. The maximum absolute atomic E-state index is 13.0. The van der Waals surface area contributed by atoms with E-state index >= 15 is 0 Å². The summed E-state index contributed by atoms with van der Waals surface area (Å²) in [5.41, 5.74) is 6.40. The number of benzene rings is 3. The number of carbonyl (C=O) groups is 2. The van der Waals surface area contributed by atoms with Gasteiger partial charge in [-0.05, 0) is 67.7 Å². The molecule has 0 unspecified atom stereocenters. The Bertz CT molecular complexity index is 1600. The fourth-order valence-electron chi connectivity index (χ4n) is 5.89. The third-order valence-electron chi connectivity index (χ3n) is 8.20. The summed E-state index contributed by atoms with van der Waals surface area (Å²) < 4.78 is 0. The predicted molar refractivity (Wildman–Crippen MR) is 169 cm³/mol. The van der Waals surface area contributed by atoms with Crippen LogP contribution in [0.25, 0.3) is 22.4 Å². The molecule has 3 aromatic carbocycles. The molecule has 8 heteroatoms. The number of piperidine rings is 1. The van der Waals surface area contributed by atoms with E-state index in [1.807, 2.05) is 78.9 Å². The van der Waals surface area contributed by atoms with E-state index in [9.17, 15) is 14.7 Å². The van der Waals surface area contributed by atoms with Gasteiger partial charge in [0.1, 0.15) is 0 Å². The molecular weight excluding hydrogens is 538 g/mol. The van der Waals surface area contributed by atoms with Crippen molar-refractivity contribution < 1.29 is 14.7 Å². The first-order valence-corrected chi connectivity index (χ1v) is 15.1. The van der Waals surface area contributed by atoms with Crippen molar-refractivity contribution in [3.63, 3.8) is 0 Å². The first-order chi connectivity index (χ1) is 21.1. The van der Waals surface area contributed by atoms with Crippen LogP contribution in [0.5, 0.6) is 5.88 Å². The highest BCUT2D eigenvalue weighted by atomic mass is 16.3. The van der Waals surface area contributed by atoms with Crippen LogP contribution in [0, 0.1) is 0 Å². The summed E-state index contributed by atoms with van der Waals surface area (Å²) in [6.07, 6.45) is 4.98. The zero-order valence-corrected chi connectivity index (χ0v) is 24.2. The van der Waals surface area contributed by atoms with Gasteiger partial charge in [-0.1, -0.05) is 85.3 Å². The minimum atomic E-state index is -0.386. The van der Waals surface area contributed by atoms with Crippen molar-refractivity contribution in [2.45, 2.75) is 32.2 Å². The Labute approximate surface area is 251 Å². The molecule has 6 rings (SSSR count). The summed E-state index contributed by atoms with van der Waals surface area (Å²) in [6.45, 7) is 5.01. The molecule has 8 nitrogen and oxygen atoms in total. The second kappa shape index (κ2) is 13.2. The lowest BCUT2D eigenvalue weighted by Crippen LogP contribution is -2.36. The summed E-state index contributed by atoms with van der Waals surface area (Å²) in [6, 6.07) is 25.5. The number of hydrogen-bond donors (Lipinski definition) is 4. The normalized spacial score (nSPS) is 14.9. The molecule has 43 heavy (non-hydrogen) atoms. The summed E-state index contributed by atoms with van der Waals surface area (Å²) in [5, 5.41) is 17.0. The second-order valence-corrected chi connectivity index (χ2v) is 11.2. The summed E-state index contributed by atoms with van der Waals surface area (Å²) in [5.74, 6) is -0.510. The van der Waals surface area contributed by atoms with Crippen LogP contribution in [0.4, 0.5) is 0 Å². The van der Waals surface area contributed by atoms with E-state index in [0.717, 1.165) is 47.3 Å². The molecule has 0 atom stereocenters. The van der Waals surface area contributed by atoms with Crippen LogP contribution in [-0.2, 0) is 11.3 Å². The Morgan fingerprint density at radius 2 is 1.51 bits per heavy atom. The Balaban J connectivity index is 1.04. The maximum Gasteiger partial charge on any atom is 0.280 e. The number of aliphatic imine (C=N–C) groups is 1. The number of hydrogen-bond acceptors (Lipinski definition) is 5. The topological polar surface area (TPSA) is 110 Å². The van der Waals surface area contributed by atoms with Crippen LogP contribution in [0.1, 0.15) is 52.7 Å². The van der Waals surface area contributed by atoms with Crippen LogP contribution in [-0.4, -0.2) is 65.2 Å². The molecule has 2 aliphatic heterocycles. The molecule has 2 aliphatic rings. The van der Waals surface area contributed by atoms with E-state index in [-0.39, 0.29) is 17.7 Å². The first-order valence-electron chi connectivity index (χ1n) is 15.1. The van der Waals surface area contributed by atoms with Crippen LogP contribution < -0.4 is 10.6 Å². The molecule has 2 amide bonds. The highest BCUT2D eigenvalue weighted by Crippen LogP contribution is 2.38. The largest absolute Gasteiger partial charge is 0.494 e. The number of likely N-dealkylation sites (tertiary alicyclic amines) is 1. The molecule has 4 aromatic rings. The van der Waals surface area contributed by atoms with Crippen molar-refractivity contribution in [1.82, 2.24) is 20.5 Å². The van der Waals surface area contributed by atoms with Crippen LogP contribution in [0.3, 0.4) is 0 Å². The molecule has 0 radical (unpaired) electrons. The van der Waals surface area contributed by atoms with Gasteiger partial charge >= 0.3 is 0 Å². The third kappa shape index (κ3) is 6.61. The SMILES string of the molecule is O=C(CNCCCN1CCCCC1)NCc1ccc(C2=NC(=O)c3c(-c4ccc(-c5ccccc5)cc4)[nH]c(O)c32)cc1. The number of nitrogens with one attached hydrogen (secondary N) is 3. The van der Waals surface area contributed by atoms with Gasteiger partial charge in [0.2, 0.25) is 5.91 Å². The predicted octanol–water partition coefficient (Wildman–Crippen LogP) is 5.13. The van der Waals surface area contributed by atoms with Gasteiger partial charge in [0.25, 0.3) is 5.91 Å². The van der Waals surface area contributed by atoms with Gasteiger partial charge in [0.15, 0.2) is 5.88 Å². The lowest BCUT2D eigenvalue weighted by atomic mass is 9.98. The Morgan fingerprint density at radius 3 is 2.26 bits per heavy atom. The van der Waals surface area contributed by atoms with Crippen molar-refractivity contribution in [2.24, 2.45) is 4.99 Å². The molecule has 0 saturated carbocycles. The molecular formula is C35H37N5O3. The molecule has 4 N–H and O–H groups in total. The summed E-state index contributed by atoms with van der Waals surface area (Å²) in [7, 11) is 0. The van der Waals surface area contributed by atoms with Gasteiger partial charge in [0.05, 0.1) is 29.1 Å². The van der Waals surface area contributed by atoms with Crippen LogP contribution >= 0.6 is 0 Å². The van der Waals surface area contributed by atoms with Gasteiger partial charge < -0.3 is 25.6 Å². The summed E-state index contributed by atoms with van der Waals surface area (Å²) >= 11 is 0. The molecule has 0 aliphatic carbocycles. The van der Waals surface area contributed by atoms with Crippen molar-refractivity contribution in [1.29, 1.82) is 0 Å². The van der Waals surface area contributed by atoms with E-state index in [0.29, 0.717) is 35.6 Å². The molecule has 0 bridgehead atoms. The molecule has 1 fully saturated rings. The molecule has 0 spiro atoms. The summed E-state index contributed by atoms with van der Waals surface area (Å²) in [4.78, 5) is 35.1. The van der Waals surface area contributed by atoms with Gasteiger partial charge in [-0.2, -0.15) is 0 Å². The maximum atomic E-state index is 13.0. The lowest BCUT2D eigenvalue weighted by molar-refractivity contribution is -0.120. The zero-order valence-electron chi connectivity index (χ0n) is 24.2. The fraction of sp³-hybridized carbons (Fsp3) is 0.286. The van der Waals surface area contributed by atoms with Crippen LogP contribution in [0.2, 0.25) is 0 Å². The number of amides is 2. The van der Waals surface area contributed by atoms with E-state index in [1.54, 1.807) is 0 Å². The lowest BCUT2D eigenvalue weighted by Gasteiger charge is -2.26. The smallest absolute Gasteiger partial charge is 0.280 e. The quantitative estimate of drug-likeness (QED) is 0.186. The van der Waals surface area contributed by atoms with Crippen molar-refractivity contribution in [3.05, 3.63) is 101 Å². The van der Waals surface area contributed by atoms with Gasteiger partial charge in [-0.25, -0.2) is 4.99 Å². The highest BCUT2D eigenvalue weighted by Gasteiger charge is 2.33. The molecule has 1 aromatic heterocycles. The Kier molecular flexibility index (Phi) is 8.77.